The van der Waals surface area contributed by atoms with Crippen molar-refractivity contribution in [3.05, 3.63) is 70.3 Å². The minimum atomic E-state index is -0.731. The van der Waals surface area contributed by atoms with Crippen LogP contribution < -0.4 is 5.63 Å². The second kappa shape index (κ2) is 6.04. The number of rotatable bonds is 3. The van der Waals surface area contributed by atoms with Crippen molar-refractivity contribution >= 4 is 16.9 Å². The van der Waals surface area contributed by atoms with Gasteiger partial charge in [-0.15, -0.1) is 0 Å². The van der Waals surface area contributed by atoms with E-state index in [4.69, 9.17) is 9.15 Å². The Morgan fingerprint density at radius 1 is 1.09 bits per heavy atom. The number of halogens is 1. The van der Waals surface area contributed by atoms with Gasteiger partial charge in [-0.25, -0.2) is 14.0 Å². The number of hydrogen-bond donors (Lipinski definition) is 0. The highest BCUT2D eigenvalue weighted by atomic mass is 19.1. The first-order valence-corrected chi connectivity index (χ1v) is 7.09. The molecule has 0 fully saturated rings. The highest BCUT2D eigenvalue weighted by molar-refractivity contribution is 5.93. The average molecular weight is 312 g/mol. The van der Waals surface area contributed by atoms with E-state index in [1.807, 2.05) is 0 Å². The van der Waals surface area contributed by atoms with Crippen LogP contribution in [-0.2, 0) is 4.74 Å². The largest absolute Gasteiger partial charge is 0.462 e. The van der Waals surface area contributed by atoms with Gasteiger partial charge in [-0.3, -0.25) is 0 Å². The van der Waals surface area contributed by atoms with E-state index in [1.165, 1.54) is 18.2 Å². The zero-order valence-corrected chi connectivity index (χ0v) is 12.3. The van der Waals surface area contributed by atoms with Crippen molar-refractivity contribution in [1.82, 2.24) is 0 Å². The molecule has 4 nitrogen and oxygen atoms in total. The van der Waals surface area contributed by atoms with Crippen molar-refractivity contribution in [2.45, 2.75) is 6.92 Å². The summed E-state index contributed by atoms with van der Waals surface area (Å²) in [6, 6.07) is 12.7. The van der Waals surface area contributed by atoms with Gasteiger partial charge >= 0.3 is 11.6 Å². The summed E-state index contributed by atoms with van der Waals surface area (Å²) in [6.45, 7) is 1.83. The second-order valence-electron chi connectivity index (χ2n) is 4.93. The molecule has 0 aliphatic carbocycles. The summed E-state index contributed by atoms with van der Waals surface area (Å²) < 4.78 is 23.0. The molecule has 0 unspecified atom stereocenters. The van der Waals surface area contributed by atoms with Gasteiger partial charge in [-0.05, 0) is 48.4 Å². The first-order chi connectivity index (χ1) is 11.1. The SMILES string of the molecule is CCOC(=O)c1cc2cc(-c3ccc(F)cc3)ccc2oc1=O. The van der Waals surface area contributed by atoms with Crippen LogP contribution in [0.2, 0.25) is 0 Å². The molecule has 1 heterocycles. The Morgan fingerprint density at radius 3 is 2.48 bits per heavy atom. The van der Waals surface area contributed by atoms with E-state index in [1.54, 1.807) is 37.3 Å². The molecule has 0 amide bonds. The van der Waals surface area contributed by atoms with Crippen LogP contribution in [0.5, 0.6) is 0 Å². The number of carbonyl (C=O) groups excluding carboxylic acids is 1. The van der Waals surface area contributed by atoms with Gasteiger partial charge in [-0.1, -0.05) is 18.2 Å². The lowest BCUT2D eigenvalue weighted by atomic mass is 10.0. The van der Waals surface area contributed by atoms with Crippen LogP contribution in [0.15, 0.2) is 57.7 Å². The maximum Gasteiger partial charge on any atom is 0.351 e. The van der Waals surface area contributed by atoms with Crippen molar-refractivity contribution in [3.8, 4) is 11.1 Å². The lowest BCUT2D eigenvalue weighted by Gasteiger charge is -2.05. The molecule has 2 aromatic carbocycles. The molecule has 0 bridgehead atoms. The Morgan fingerprint density at radius 2 is 1.78 bits per heavy atom. The summed E-state index contributed by atoms with van der Waals surface area (Å²) >= 11 is 0. The van der Waals surface area contributed by atoms with E-state index in [2.05, 4.69) is 0 Å². The molecule has 0 radical (unpaired) electrons. The predicted octanol–water partition coefficient (Wildman–Crippen LogP) is 3.78. The van der Waals surface area contributed by atoms with Gasteiger partial charge in [0.15, 0.2) is 0 Å². The predicted molar refractivity (Wildman–Crippen MR) is 83.8 cm³/mol. The van der Waals surface area contributed by atoms with Gasteiger partial charge in [0.1, 0.15) is 17.0 Å². The molecule has 1 aromatic heterocycles. The molecular formula is C18H13FO4. The number of ether oxygens (including phenoxy) is 1. The van der Waals surface area contributed by atoms with E-state index in [0.717, 1.165) is 11.1 Å². The monoisotopic (exact) mass is 312 g/mol. The number of benzene rings is 2. The summed E-state index contributed by atoms with van der Waals surface area (Å²) in [5.74, 6) is -1.03. The van der Waals surface area contributed by atoms with Crippen LogP contribution in [0.1, 0.15) is 17.3 Å². The van der Waals surface area contributed by atoms with Crippen LogP contribution in [0.4, 0.5) is 4.39 Å². The third-order valence-electron chi connectivity index (χ3n) is 3.41. The second-order valence-corrected chi connectivity index (χ2v) is 4.93. The summed E-state index contributed by atoms with van der Waals surface area (Å²) in [6.07, 6.45) is 0. The smallest absolute Gasteiger partial charge is 0.351 e. The number of fused-ring (bicyclic) bond motifs is 1. The zero-order chi connectivity index (χ0) is 16.4. The highest BCUT2D eigenvalue weighted by Crippen LogP contribution is 2.24. The van der Waals surface area contributed by atoms with Gasteiger partial charge in [0.2, 0.25) is 0 Å². The molecule has 0 aliphatic heterocycles. The minimum absolute atomic E-state index is 0.143. The molecule has 5 heteroatoms. The molecule has 0 saturated heterocycles. The Hall–Kier alpha value is -2.95. The number of esters is 1. The molecule has 0 aliphatic rings. The Kier molecular flexibility index (Phi) is 3.93. The summed E-state index contributed by atoms with van der Waals surface area (Å²) in [4.78, 5) is 23.6. The van der Waals surface area contributed by atoms with E-state index in [-0.39, 0.29) is 18.0 Å². The van der Waals surface area contributed by atoms with Gasteiger partial charge in [0.05, 0.1) is 6.61 Å². The Balaban J connectivity index is 2.11. The van der Waals surface area contributed by atoms with Gasteiger partial charge in [0, 0.05) is 5.39 Å². The van der Waals surface area contributed by atoms with Crippen LogP contribution >= 0.6 is 0 Å². The Labute approximate surface area is 131 Å². The van der Waals surface area contributed by atoms with Crippen molar-refractivity contribution in [3.63, 3.8) is 0 Å². The summed E-state index contributed by atoms with van der Waals surface area (Å²) in [7, 11) is 0. The Bertz CT molecular complexity index is 926. The third kappa shape index (κ3) is 2.99. The topological polar surface area (TPSA) is 56.5 Å². The maximum atomic E-state index is 13.0. The van der Waals surface area contributed by atoms with Crippen molar-refractivity contribution in [1.29, 1.82) is 0 Å². The summed E-state index contributed by atoms with van der Waals surface area (Å²) in [5.41, 5.74) is 1.13. The molecule has 0 N–H and O–H groups in total. The fourth-order valence-corrected chi connectivity index (χ4v) is 2.30. The van der Waals surface area contributed by atoms with Gasteiger partial charge < -0.3 is 9.15 Å². The zero-order valence-electron chi connectivity index (χ0n) is 12.3. The van der Waals surface area contributed by atoms with Gasteiger partial charge in [-0.2, -0.15) is 0 Å². The highest BCUT2D eigenvalue weighted by Gasteiger charge is 2.15. The lowest BCUT2D eigenvalue weighted by Crippen LogP contribution is -2.16. The molecule has 3 aromatic rings. The van der Waals surface area contributed by atoms with Crippen molar-refractivity contribution in [2.75, 3.05) is 6.61 Å². The normalized spacial score (nSPS) is 10.7. The molecule has 3 rings (SSSR count). The van der Waals surface area contributed by atoms with Crippen LogP contribution in [0, 0.1) is 5.82 Å². The van der Waals surface area contributed by atoms with E-state index in [9.17, 15) is 14.0 Å². The number of carbonyl (C=O) groups is 1. The molecule has 0 atom stereocenters. The molecular weight excluding hydrogens is 299 g/mol. The van der Waals surface area contributed by atoms with E-state index < -0.39 is 11.6 Å². The fraction of sp³-hybridized carbons (Fsp3) is 0.111. The minimum Gasteiger partial charge on any atom is -0.462 e. The van der Waals surface area contributed by atoms with Crippen molar-refractivity contribution in [2.24, 2.45) is 0 Å². The first-order valence-electron chi connectivity index (χ1n) is 7.09. The van der Waals surface area contributed by atoms with Crippen LogP contribution in [-0.4, -0.2) is 12.6 Å². The van der Waals surface area contributed by atoms with Crippen molar-refractivity contribution < 1.29 is 18.3 Å². The maximum absolute atomic E-state index is 13.0. The third-order valence-corrected chi connectivity index (χ3v) is 3.41. The quantitative estimate of drug-likeness (QED) is 0.545. The standard InChI is InChI=1S/C18H13FO4/c1-2-22-17(20)15-10-13-9-12(5-8-16(13)23-18(15)21)11-3-6-14(19)7-4-11/h3-10H,2H2,1H3. The molecule has 23 heavy (non-hydrogen) atoms. The molecule has 116 valence electrons. The first kappa shape index (κ1) is 15.0. The fourth-order valence-electron chi connectivity index (χ4n) is 2.30. The average Bonchev–Trinajstić information content (AvgIpc) is 2.55. The molecule has 0 saturated carbocycles. The van der Waals surface area contributed by atoms with Crippen LogP contribution in [0.25, 0.3) is 22.1 Å². The lowest BCUT2D eigenvalue weighted by molar-refractivity contribution is 0.0522. The molecule has 0 spiro atoms. The summed E-state index contributed by atoms with van der Waals surface area (Å²) in [5, 5.41) is 0.592. The van der Waals surface area contributed by atoms with E-state index >= 15 is 0 Å². The number of hydrogen-bond acceptors (Lipinski definition) is 4. The van der Waals surface area contributed by atoms with Crippen LogP contribution in [0.3, 0.4) is 0 Å². The van der Waals surface area contributed by atoms with E-state index in [0.29, 0.717) is 11.0 Å². The van der Waals surface area contributed by atoms with Gasteiger partial charge in [0.25, 0.3) is 0 Å².